The minimum atomic E-state index is -1.36. The van der Waals surface area contributed by atoms with Crippen LogP contribution in [0.15, 0.2) is 0 Å². The molecule has 11 heavy (non-hydrogen) atoms. The zero-order valence-corrected chi connectivity index (χ0v) is 12.9. The van der Waals surface area contributed by atoms with Crippen LogP contribution >= 0.6 is 0 Å². The van der Waals surface area contributed by atoms with Gasteiger partial charge in [0.1, 0.15) is 0 Å². The SMILES string of the molecule is CCC([CH2][Hg][O]C(C)=O)OC. The summed E-state index contributed by atoms with van der Waals surface area (Å²) in [6.45, 7) is 3.55. The molecule has 0 aromatic heterocycles. The summed E-state index contributed by atoms with van der Waals surface area (Å²) >= 11 is -1.36. The fraction of sp³-hybridized carbons (Fsp3) is 0.857. The first kappa shape index (κ1) is 11.4. The molecule has 0 aliphatic carbocycles. The molecule has 0 aliphatic heterocycles. The van der Waals surface area contributed by atoms with E-state index < -0.39 is 25.0 Å². The van der Waals surface area contributed by atoms with Gasteiger partial charge in [0.05, 0.1) is 0 Å². The Morgan fingerprint density at radius 1 is 1.64 bits per heavy atom. The van der Waals surface area contributed by atoms with Crippen LogP contribution in [0.3, 0.4) is 0 Å². The molecule has 3 nitrogen and oxygen atoms in total. The zero-order chi connectivity index (χ0) is 8.69. The molecule has 0 rings (SSSR count). The van der Waals surface area contributed by atoms with Crippen molar-refractivity contribution < 1.29 is 37.2 Å². The van der Waals surface area contributed by atoms with Crippen molar-refractivity contribution in [3.63, 3.8) is 0 Å². The van der Waals surface area contributed by atoms with Gasteiger partial charge in [0.25, 0.3) is 0 Å². The van der Waals surface area contributed by atoms with E-state index in [1.54, 1.807) is 7.11 Å². The van der Waals surface area contributed by atoms with E-state index in [2.05, 4.69) is 6.92 Å². The van der Waals surface area contributed by atoms with Gasteiger partial charge in [-0.05, 0) is 0 Å². The maximum atomic E-state index is 10.4. The molecule has 0 radical (unpaired) electrons. The molecule has 0 saturated carbocycles. The van der Waals surface area contributed by atoms with Crippen LogP contribution in [0, 0.1) is 0 Å². The zero-order valence-electron chi connectivity index (χ0n) is 7.42. The van der Waals surface area contributed by atoms with Crippen molar-refractivity contribution in [1.29, 1.82) is 0 Å². The molecule has 0 bridgehead atoms. The summed E-state index contributed by atoms with van der Waals surface area (Å²) in [6.07, 6.45) is 1.33. The van der Waals surface area contributed by atoms with Gasteiger partial charge < -0.3 is 0 Å². The van der Waals surface area contributed by atoms with Crippen LogP contribution in [0.4, 0.5) is 0 Å². The summed E-state index contributed by atoms with van der Waals surface area (Å²) in [7, 11) is 1.70. The maximum absolute atomic E-state index is 10.4. The Morgan fingerprint density at radius 2 is 2.27 bits per heavy atom. The van der Waals surface area contributed by atoms with E-state index in [0.29, 0.717) is 6.10 Å². The molecule has 1 unspecified atom stereocenters. The Morgan fingerprint density at radius 3 is 2.64 bits per heavy atom. The molecule has 4 heteroatoms. The first-order chi connectivity index (χ1) is 5.20. The molecule has 0 fully saturated rings. The Balaban J connectivity index is 3.28. The quantitative estimate of drug-likeness (QED) is 0.706. The molecule has 0 saturated heterocycles. The van der Waals surface area contributed by atoms with E-state index in [4.69, 9.17) is 7.38 Å². The molecular formula is C7H14HgO3. The van der Waals surface area contributed by atoms with Crippen LogP contribution in [0.25, 0.3) is 0 Å². The van der Waals surface area contributed by atoms with Crippen molar-refractivity contribution in [2.45, 2.75) is 30.3 Å². The molecular weight excluding hydrogens is 333 g/mol. The Labute approximate surface area is 80.5 Å². The van der Waals surface area contributed by atoms with Crippen molar-refractivity contribution in [3.8, 4) is 0 Å². The predicted octanol–water partition coefficient (Wildman–Crippen LogP) is 1.39. The number of hydrogen-bond acceptors (Lipinski definition) is 3. The van der Waals surface area contributed by atoms with Gasteiger partial charge in [0, 0.05) is 0 Å². The molecule has 0 aromatic carbocycles. The van der Waals surface area contributed by atoms with E-state index in [-0.39, 0.29) is 5.97 Å². The number of rotatable bonds is 5. The number of carbonyl (C=O) groups excluding carboxylic acids is 1. The van der Waals surface area contributed by atoms with Crippen LogP contribution in [-0.4, -0.2) is 19.2 Å². The van der Waals surface area contributed by atoms with Gasteiger partial charge in [-0.15, -0.1) is 0 Å². The summed E-state index contributed by atoms with van der Waals surface area (Å²) in [5.74, 6) is -0.127. The number of carbonyl (C=O) groups is 1. The van der Waals surface area contributed by atoms with E-state index in [9.17, 15) is 4.79 Å². The first-order valence-electron chi connectivity index (χ1n) is 3.86. The number of methoxy groups -OCH3 is 1. The van der Waals surface area contributed by atoms with Crippen molar-refractivity contribution >= 4 is 5.97 Å². The molecule has 0 aromatic rings. The first-order valence-corrected chi connectivity index (χ1v) is 10.00. The molecule has 62 valence electrons. The number of hydrogen-bond donors (Lipinski definition) is 0. The van der Waals surface area contributed by atoms with Crippen molar-refractivity contribution in [1.82, 2.24) is 0 Å². The monoisotopic (exact) mass is 348 g/mol. The van der Waals surface area contributed by atoms with Gasteiger partial charge in [-0.3, -0.25) is 0 Å². The van der Waals surface area contributed by atoms with Gasteiger partial charge in [-0.2, -0.15) is 0 Å². The third-order valence-corrected chi connectivity index (χ3v) is 7.33. The standard InChI is InChI=1S/C5H11O.C2H4O2.Hg/c1-4-5(2)6-3;1-2(3)4;/h5H,2,4H2,1,3H3;1H3,(H,3,4);/q;;+1/p-1. The van der Waals surface area contributed by atoms with E-state index in [1.165, 1.54) is 6.92 Å². The Bertz CT molecular complexity index is 112. The van der Waals surface area contributed by atoms with Gasteiger partial charge >= 0.3 is 80.6 Å². The molecule has 0 heterocycles. The normalized spacial score (nSPS) is 11.9. The molecule has 0 N–H and O–H groups in total. The molecule has 0 aliphatic rings. The van der Waals surface area contributed by atoms with Crippen LogP contribution in [-0.2, 0) is 37.2 Å². The van der Waals surface area contributed by atoms with Gasteiger partial charge in [0.15, 0.2) is 0 Å². The summed E-state index contributed by atoms with van der Waals surface area (Å²) in [4.78, 5) is 10.4. The van der Waals surface area contributed by atoms with Crippen LogP contribution < -0.4 is 0 Å². The summed E-state index contributed by atoms with van der Waals surface area (Å²) in [6, 6.07) is 0. The van der Waals surface area contributed by atoms with Gasteiger partial charge in [-0.25, -0.2) is 0 Å². The second kappa shape index (κ2) is 7.04. The number of ether oxygens (including phenoxy) is 1. The fourth-order valence-electron chi connectivity index (χ4n) is 0.823. The molecule has 0 amide bonds. The van der Waals surface area contributed by atoms with Crippen LogP contribution in [0.1, 0.15) is 20.3 Å². The van der Waals surface area contributed by atoms with Crippen molar-refractivity contribution in [2.24, 2.45) is 0 Å². The van der Waals surface area contributed by atoms with Gasteiger partial charge in [-0.1, -0.05) is 0 Å². The second-order valence-electron chi connectivity index (χ2n) is 2.39. The summed E-state index contributed by atoms with van der Waals surface area (Å²) in [5.41, 5.74) is 0. The van der Waals surface area contributed by atoms with E-state index in [0.717, 1.165) is 10.4 Å². The molecule has 0 spiro atoms. The van der Waals surface area contributed by atoms with Gasteiger partial charge in [0.2, 0.25) is 0 Å². The third-order valence-electron chi connectivity index (χ3n) is 1.53. The van der Waals surface area contributed by atoms with E-state index in [1.807, 2.05) is 0 Å². The average Bonchev–Trinajstić information content (AvgIpc) is 1.98. The average molecular weight is 347 g/mol. The van der Waals surface area contributed by atoms with Crippen LogP contribution in [0.2, 0.25) is 3.93 Å². The predicted molar refractivity (Wildman–Crippen MR) is 37.7 cm³/mol. The topological polar surface area (TPSA) is 35.5 Å². The minimum absolute atomic E-state index is 0.127. The van der Waals surface area contributed by atoms with E-state index >= 15 is 0 Å². The summed E-state index contributed by atoms with van der Waals surface area (Å²) < 4.78 is 11.1. The Kier molecular flexibility index (Phi) is 7.27. The Hall–Kier alpha value is 0.365. The second-order valence-corrected chi connectivity index (χ2v) is 7.35. The molecule has 1 atom stereocenters. The van der Waals surface area contributed by atoms with Crippen LogP contribution in [0.5, 0.6) is 0 Å². The van der Waals surface area contributed by atoms with Crippen molar-refractivity contribution in [3.05, 3.63) is 0 Å². The van der Waals surface area contributed by atoms with Crippen molar-refractivity contribution in [2.75, 3.05) is 7.11 Å². The fourth-order valence-corrected chi connectivity index (χ4v) is 5.92. The third kappa shape index (κ3) is 6.75. The summed E-state index contributed by atoms with van der Waals surface area (Å²) in [5, 5.41) is 0.